The first kappa shape index (κ1) is 18.5. The minimum atomic E-state index is 0.335. The van der Waals surface area contributed by atoms with E-state index in [0.717, 1.165) is 31.5 Å². The fourth-order valence-corrected chi connectivity index (χ4v) is 3.32. The van der Waals surface area contributed by atoms with Crippen LogP contribution in [0, 0.1) is 3.57 Å². The van der Waals surface area contributed by atoms with Crippen LogP contribution in [0.25, 0.3) is 0 Å². The Balaban J connectivity index is 2.18. The molecule has 0 bridgehead atoms. The molecule has 0 fully saturated rings. The van der Waals surface area contributed by atoms with E-state index in [1.54, 1.807) is 7.11 Å². The van der Waals surface area contributed by atoms with Gasteiger partial charge in [-0.3, -0.25) is 0 Å². The lowest BCUT2D eigenvalue weighted by molar-refractivity contribution is 0.304. The third-order valence-corrected chi connectivity index (χ3v) is 5.22. The number of aryl methyl sites for hydroxylation is 1. The number of hydrogen-bond donors (Lipinski definition) is 1. The van der Waals surface area contributed by atoms with Crippen LogP contribution in [0.3, 0.4) is 0 Å². The molecule has 0 aliphatic rings. The van der Waals surface area contributed by atoms with Crippen LogP contribution in [0.15, 0.2) is 40.9 Å². The van der Waals surface area contributed by atoms with Crippen molar-refractivity contribution in [2.75, 3.05) is 12.4 Å². The Morgan fingerprint density at radius 2 is 2.09 bits per heavy atom. The summed E-state index contributed by atoms with van der Waals surface area (Å²) in [4.78, 5) is 0. The molecule has 122 valence electrons. The predicted octanol–water partition coefficient (Wildman–Crippen LogP) is 5.54. The topological polar surface area (TPSA) is 30.5 Å². The van der Waals surface area contributed by atoms with E-state index >= 15 is 0 Å². The molecular formula is C17H17BrINO2S. The van der Waals surface area contributed by atoms with Crippen LogP contribution in [-0.4, -0.2) is 12.3 Å². The Kier molecular flexibility index (Phi) is 7.10. The van der Waals surface area contributed by atoms with Crippen molar-refractivity contribution in [3.63, 3.8) is 0 Å². The van der Waals surface area contributed by atoms with Gasteiger partial charge in [-0.25, -0.2) is 0 Å². The summed E-state index contributed by atoms with van der Waals surface area (Å²) < 4.78 is 13.1. The van der Waals surface area contributed by atoms with Gasteiger partial charge in [-0.15, -0.1) is 0 Å². The van der Waals surface area contributed by atoms with Gasteiger partial charge in [0, 0.05) is 14.8 Å². The van der Waals surface area contributed by atoms with Gasteiger partial charge >= 0.3 is 0 Å². The molecule has 0 atom stereocenters. The maximum Gasteiger partial charge on any atom is 0.260 e. The van der Waals surface area contributed by atoms with Gasteiger partial charge in [0.15, 0.2) is 0 Å². The first-order valence-corrected chi connectivity index (χ1v) is 9.36. The number of anilines is 1. The van der Waals surface area contributed by atoms with Crippen molar-refractivity contribution in [1.29, 1.82) is 0 Å². The molecule has 0 spiro atoms. The number of methoxy groups -OCH3 is 1. The van der Waals surface area contributed by atoms with E-state index < -0.39 is 0 Å². The number of benzene rings is 2. The first-order valence-electron chi connectivity index (χ1n) is 7.08. The van der Waals surface area contributed by atoms with Gasteiger partial charge < -0.3 is 14.8 Å². The summed E-state index contributed by atoms with van der Waals surface area (Å²) in [7, 11) is 1.55. The van der Waals surface area contributed by atoms with Gasteiger partial charge in [-0.05, 0) is 87.0 Å². The zero-order valence-corrected chi connectivity index (χ0v) is 17.4. The smallest absolute Gasteiger partial charge is 0.260 e. The van der Waals surface area contributed by atoms with Crippen molar-refractivity contribution in [1.82, 2.24) is 0 Å². The second-order valence-corrected chi connectivity index (χ2v) is 7.18. The van der Waals surface area contributed by atoms with Crippen molar-refractivity contribution >= 4 is 61.6 Å². The molecule has 23 heavy (non-hydrogen) atoms. The van der Waals surface area contributed by atoms with Crippen LogP contribution in [0.1, 0.15) is 18.1 Å². The first-order chi connectivity index (χ1) is 11.0. The molecule has 6 heteroatoms. The number of hydrogen-bond acceptors (Lipinski definition) is 3. The Labute approximate surface area is 164 Å². The summed E-state index contributed by atoms with van der Waals surface area (Å²) in [6.07, 6.45) is 0.998. The van der Waals surface area contributed by atoms with E-state index in [2.05, 4.69) is 62.9 Å². The molecule has 2 aromatic carbocycles. The number of halogens is 2. The molecule has 0 saturated heterocycles. The van der Waals surface area contributed by atoms with E-state index in [1.807, 2.05) is 24.3 Å². The monoisotopic (exact) mass is 505 g/mol. The number of thiocarbonyl (C=S) groups is 1. The molecule has 0 heterocycles. The van der Waals surface area contributed by atoms with Gasteiger partial charge in [0.1, 0.15) is 12.4 Å². The maximum absolute atomic E-state index is 5.98. The Hall–Kier alpha value is -0.860. The molecule has 3 nitrogen and oxygen atoms in total. The Bertz CT molecular complexity index is 709. The SMILES string of the molecule is CCc1ccc(OCc2c(I)cccc2NC(=S)OC)c(Br)c1. The molecule has 2 rings (SSSR count). The van der Waals surface area contributed by atoms with Crippen LogP contribution in [0.5, 0.6) is 5.75 Å². The molecule has 0 aromatic heterocycles. The van der Waals surface area contributed by atoms with E-state index in [4.69, 9.17) is 21.7 Å². The summed E-state index contributed by atoms with van der Waals surface area (Å²) in [5, 5.41) is 3.42. The second kappa shape index (κ2) is 8.84. The average molecular weight is 506 g/mol. The highest BCUT2D eigenvalue weighted by Gasteiger charge is 2.10. The third kappa shape index (κ3) is 5.06. The maximum atomic E-state index is 5.98. The lowest BCUT2D eigenvalue weighted by Gasteiger charge is -2.15. The summed E-state index contributed by atoms with van der Waals surface area (Å²) in [5.41, 5.74) is 3.20. The van der Waals surface area contributed by atoms with Crippen LogP contribution in [-0.2, 0) is 17.8 Å². The van der Waals surface area contributed by atoms with Crippen molar-refractivity contribution in [3.05, 3.63) is 55.6 Å². The zero-order valence-electron chi connectivity index (χ0n) is 12.9. The highest BCUT2D eigenvalue weighted by Crippen LogP contribution is 2.29. The molecule has 0 aliphatic carbocycles. The van der Waals surface area contributed by atoms with Crippen LogP contribution >= 0.6 is 50.7 Å². The molecule has 2 aromatic rings. The van der Waals surface area contributed by atoms with Crippen LogP contribution in [0.4, 0.5) is 5.69 Å². The van der Waals surface area contributed by atoms with Crippen molar-refractivity contribution < 1.29 is 9.47 Å². The molecule has 0 amide bonds. The zero-order chi connectivity index (χ0) is 16.8. The average Bonchev–Trinajstić information content (AvgIpc) is 2.55. The summed E-state index contributed by atoms with van der Waals surface area (Å²) in [6, 6.07) is 12.1. The van der Waals surface area contributed by atoms with Gasteiger partial charge in [0.05, 0.1) is 11.6 Å². The minimum Gasteiger partial charge on any atom is -0.488 e. The Morgan fingerprint density at radius 3 is 2.74 bits per heavy atom. The Morgan fingerprint density at radius 1 is 1.30 bits per heavy atom. The van der Waals surface area contributed by atoms with Gasteiger partial charge in [-0.2, -0.15) is 0 Å². The van der Waals surface area contributed by atoms with E-state index in [9.17, 15) is 0 Å². The quantitative estimate of drug-likeness (QED) is 0.427. The van der Waals surface area contributed by atoms with Crippen molar-refractivity contribution in [2.45, 2.75) is 20.0 Å². The minimum absolute atomic E-state index is 0.335. The van der Waals surface area contributed by atoms with Crippen molar-refractivity contribution in [2.24, 2.45) is 0 Å². The molecular weight excluding hydrogens is 489 g/mol. The lowest BCUT2D eigenvalue weighted by Crippen LogP contribution is -2.13. The summed E-state index contributed by atoms with van der Waals surface area (Å²) in [6.45, 7) is 2.57. The molecule has 0 unspecified atom stereocenters. The standard InChI is InChI=1S/C17H17BrINO2S/c1-3-11-7-8-16(13(18)9-11)22-10-12-14(19)5-4-6-15(12)20-17(23)21-2/h4-9H,3,10H2,1-2H3,(H,20,23). The number of nitrogens with one attached hydrogen (secondary N) is 1. The largest absolute Gasteiger partial charge is 0.488 e. The molecule has 0 aliphatic heterocycles. The summed E-state index contributed by atoms with van der Waals surface area (Å²) in [5.74, 6) is 0.821. The van der Waals surface area contributed by atoms with E-state index in [-0.39, 0.29) is 0 Å². The number of rotatable bonds is 5. The molecule has 0 saturated carbocycles. The van der Waals surface area contributed by atoms with Gasteiger partial charge in [-0.1, -0.05) is 19.1 Å². The highest BCUT2D eigenvalue weighted by molar-refractivity contribution is 14.1. The van der Waals surface area contributed by atoms with Gasteiger partial charge in [0.2, 0.25) is 0 Å². The molecule has 1 N–H and O–H groups in total. The predicted molar refractivity (Wildman–Crippen MR) is 110 cm³/mol. The second-order valence-electron chi connectivity index (χ2n) is 4.79. The number of ether oxygens (including phenoxy) is 2. The van der Waals surface area contributed by atoms with Crippen LogP contribution in [0.2, 0.25) is 0 Å². The van der Waals surface area contributed by atoms with Gasteiger partial charge in [0.25, 0.3) is 5.17 Å². The summed E-state index contributed by atoms with van der Waals surface area (Å²) >= 11 is 10.9. The third-order valence-electron chi connectivity index (χ3n) is 3.32. The fraction of sp³-hybridized carbons (Fsp3) is 0.235. The fourth-order valence-electron chi connectivity index (χ4n) is 2.01. The van der Waals surface area contributed by atoms with E-state index in [0.29, 0.717) is 11.8 Å². The van der Waals surface area contributed by atoms with Crippen molar-refractivity contribution in [3.8, 4) is 5.75 Å². The normalized spacial score (nSPS) is 10.3. The highest BCUT2D eigenvalue weighted by atomic mass is 127. The van der Waals surface area contributed by atoms with E-state index in [1.165, 1.54) is 5.56 Å². The van der Waals surface area contributed by atoms with Crippen LogP contribution < -0.4 is 10.1 Å². The molecule has 0 radical (unpaired) electrons. The lowest BCUT2D eigenvalue weighted by atomic mass is 10.1.